The maximum Gasteiger partial charge on any atom is 0.335 e. The summed E-state index contributed by atoms with van der Waals surface area (Å²) < 4.78 is 28.4. The zero-order valence-corrected chi connectivity index (χ0v) is 48.2. The van der Waals surface area contributed by atoms with Crippen LogP contribution in [-0.4, -0.2) is 89.2 Å². The monoisotopic (exact) mass is 1080 g/mol. The van der Waals surface area contributed by atoms with Crippen LogP contribution >= 0.6 is 0 Å². The third-order valence-corrected chi connectivity index (χ3v) is 13.1. The number of aliphatic carboxylic acids is 1. The molecule has 0 bridgehead atoms. The molecule has 0 radical (unpaired) electrons. The van der Waals surface area contributed by atoms with Crippen molar-refractivity contribution in [1.82, 2.24) is 0 Å². The lowest BCUT2D eigenvalue weighted by molar-refractivity contribution is -0.301. The summed E-state index contributed by atoms with van der Waals surface area (Å²) in [6.45, 7) is 5.75. The Bertz CT molecular complexity index is 1710. The standard InChI is InChI=1S/C65H106O12/c1-4-7-10-13-16-19-22-25-27-28-29-30-32-35-38-41-44-47-50-53-59(68)76-63-61(70)60(69)62(64(71)72)77-65(63)74-55-56(75-58(67)52-49-46-43-40-37-33-24-21-18-15-12-9-6-3)54-73-57(66)51-48-45-42-39-36-34-31-26-23-20-17-14-11-8-5-2/h8,11-12,15-17,19-21,24-27,29-31,56,60-63,65,69-70H,4-7,9-10,13-14,18,22-23,28,32-55H2,1-3H3,(H,71,72)/b11-8-,15-12-,19-16-,20-17-,24-21-,27-25-,30-29-,31-26-. The van der Waals surface area contributed by atoms with Gasteiger partial charge in [0.15, 0.2) is 24.6 Å². The maximum absolute atomic E-state index is 13.1. The van der Waals surface area contributed by atoms with E-state index in [0.29, 0.717) is 19.3 Å². The third kappa shape index (κ3) is 42.3. The zero-order valence-electron chi connectivity index (χ0n) is 48.2. The number of aliphatic hydroxyl groups excluding tert-OH is 2. The molecule has 1 rings (SSSR count). The number of allylic oxidation sites excluding steroid dienone is 16. The quantitative estimate of drug-likeness (QED) is 0.0228. The number of aliphatic hydroxyl groups is 2. The molecule has 3 N–H and O–H groups in total. The number of unbranched alkanes of at least 4 members (excludes halogenated alkanes) is 20. The van der Waals surface area contributed by atoms with Crippen molar-refractivity contribution in [3.8, 4) is 0 Å². The summed E-state index contributed by atoms with van der Waals surface area (Å²) >= 11 is 0. The Labute approximate surface area is 466 Å². The normalized spacial score (nSPS) is 18.7. The second-order valence-electron chi connectivity index (χ2n) is 20.2. The van der Waals surface area contributed by atoms with Crippen molar-refractivity contribution in [1.29, 1.82) is 0 Å². The van der Waals surface area contributed by atoms with Crippen LogP contribution in [0.3, 0.4) is 0 Å². The summed E-state index contributed by atoms with van der Waals surface area (Å²) in [6.07, 6.45) is 56.5. The number of carboxylic acid groups (broad SMARTS) is 1. The molecule has 0 aliphatic carbocycles. The fraction of sp³-hybridized carbons (Fsp3) is 0.692. The second kappa shape index (κ2) is 52.3. The minimum atomic E-state index is -1.92. The van der Waals surface area contributed by atoms with E-state index in [1.54, 1.807) is 0 Å². The van der Waals surface area contributed by atoms with E-state index in [1.807, 2.05) is 0 Å². The molecule has 0 amide bonds. The van der Waals surface area contributed by atoms with E-state index >= 15 is 0 Å². The Balaban J connectivity index is 2.70. The minimum Gasteiger partial charge on any atom is -0.479 e. The molecule has 0 aromatic heterocycles. The maximum atomic E-state index is 13.1. The first-order chi connectivity index (χ1) is 37.6. The average Bonchev–Trinajstić information content (AvgIpc) is 3.42. The SMILES string of the molecule is CC/C=C\C/C=C\C/C=C\CCCCCCCC(=O)OCC(COC1OC(C(=O)O)C(O)C(O)C1OC(=O)CCCCCCCC/C=C\C/C=C\C/C=C\CCCCC)OC(=O)CCCCCCC/C=C\C/C=C\CCC. The lowest BCUT2D eigenvalue weighted by Gasteiger charge is -2.40. The predicted molar refractivity (Wildman–Crippen MR) is 312 cm³/mol. The number of carbonyl (C=O) groups is 4. The van der Waals surface area contributed by atoms with Crippen LogP contribution < -0.4 is 0 Å². The summed E-state index contributed by atoms with van der Waals surface area (Å²) in [4.78, 5) is 51.2. The molecule has 0 saturated carbocycles. The number of ether oxygens (including phenoxy) is 5. The van der Waals surface area contributed by atoms with Gasteiger partial charge in [0.05, 0.1) is 6.61 Å². The largest absolute Gasteiger partial charge is 0.479 e. The first kappa shape index (κ1) is 70.7. The summed E-state index contributed by atoms with van der Waals surface area (Å²) in [7, 11) is 0. The molecule has 6 unspecified atom stereocenters. The molecule has 1 fully saturated rings. The molecule has 1 heterocycles. The number of carboxylic acids is 1. The van der Waals surface area contributed by atoms with Crippen molar-refractivity contribution in [3.05, 3.63) is 97.2 Å². The van der Waals surface area contributed by atoms with E-state index < -0.39 is 67.3 Å². The van der Waals surface area contributed by atoms with Crippen molar-refractivity contribution in [2.24, 2.45) is 0 Å². The van der Waals surface area contributed by atoms with E-state index in [0.717, 1.165) is 161 Å². The first-order valence-corrected chi connectivity index (χ1v) is 30.2. The Hall–Kier alpha value is -4.36. The van der Waals surface area contributed by atoms with Crippen LogP contribution in [-0.2, 0) is 42.9 Å². The fourth-order valence-electron chi connectivity index (χ4n) is 8.48. The van der Waals surface area contributed by atoms with Crippen molar-refractivity contribution in [3.63, 3.8) is 0 Å². The molecule has 12 nitrogen and oxygen atoms in total. The Morgan fingerprint density at radius 1 is 0.442 bits per heavy atom. The number of hydrogen-bond acceptors (Lipinski definition) is 11. The van der Waals surface area contributed by atoms with Gasteiger partial charge in [-0.3, -0.25) is 14.4 Å². The van der Waals surface area contributed by atoms with Crippen LogP contribution in [0.5, 0.6) is 0 Å². The van der Waals surface area contributed by atoms with Crippen molar-refractivity contribution in [2.45, 2.75) is 276 Å². The fourth-order valence-corrected chi connectivity index (χ4v) is 8.48. The minimum absolute atomic E-state index is 0.0384. The van der Waals surface area contributed by atoms with Gasteiger partial charge in [0.1, 0.15) is 18.8 Å². The number of hydrogen-bond donors (Lipinski definition) is 3. The van der Waals surface area contributed by atoms with E-state index in [9.17, 15) is 34.5 Å². The summed E-state index contributed by atoms with van der Waals surface area (Å²) in [5.74, 6) is -3.18. The summed E-state index contributed by atoms with van der Waals surface area (Å²) in [6, 6.07) is 0. The van der Waals surface area contributed by atoms with Crippen LogP contribution in [0.15, 0.2) is 97.2 Å². The average molecular weight is 1080 g/mol. The molecular formula is C65H106O12. The molecule has 0 aromatic carbocycles. The number of rotatable bonds is 50. The van der Waals surface area contributed by atoms with Gasteiger partial charge in [-0.25, -0.2) is 4.79 Å². The Morgan fingerprint density at radius 2 is 0.844 bits per heavy atom. The van der Waals surface area contributed by atoms with Gasteiger partial charge in [-0.2, -0.15) is 0 Å². The Morgan fingerprint density at radius 3 is 1.30 bits per heavy atom. The van der Waals surface area contributed by atoms with Crippen molar-refractivity contribution in [2.75, 3.05) is 13.2 Å². The summed E-state index contributed by atoms with van der Waals surface area (Å²) in [5.41, 5.74) is 0. The predicted octanol–water partition coefficient (Wildman–Crippen LogP) is 15.7. The molecule has 12 heteroatoms. The molecule has 0 aromatic rings. The van der Waals surface area contributed by atoms with Crippen LogP contribution in [0.2, 0.25) is 0 Å². The van der Waals surface area contributed by atoms with Gasteiger partial charge >= 0.3 is 23.9 Å². The number of carbonyl (C=O) groups excluding carboxylic acids is 3. The molecule has 1 saturated heterocycles. The molecule has 1 aliphatic rings. The highest BCUT2D eigenvalue weighted by atomic mass is 16.7. The highest BCUT2D eigenvalue weighted by Crippen LogP contribution is 2.26. The van der Waals surface area contributed by atoms with E-state index in [4.69, 9.17) is 23.7 Å². The highest BCUT2D eigenvalue weighted by Gasteiger charge is 2.50. The molecule has 438 valence electrons. The molecule has 0 spiro atoms. The van der Waals surface area contributed by atoms with Crippen molar-refractivity contribution < 1.29 is 58.2 Å². The van der Waals surface area contributed by atoms with E-state index in [1.165, 1.54) is 19.3 Å². The molecule has 6 atom stereocenters. The summed E-state index contributed by atoms with van der Waals surface area (Å²) in [5, 5.41) is 31.5. The van der Waals surface area contributed by atoms with Gasteiger partial charge < -0.3 is 39.0 Å². The first-order valence-electron chi connectivity index (χ1n) is 30.2. The van der Waals surface area contributed by atoms with Gasteiger partial charge in [-0.1, -0.05) is 201 Å². The van der Waals surface area contributed by atoms with Gasteiger partial charge in [-0.05, 0) is 116 Å². The number of esters is 3. The lowest BCUT2D eigenvalue weighted by atomic mass is 9.98. The van der Waals surface area contributed by atoms with E-state index in [2.05, 4.69) is 118 Å². The van der Waals surface area contributed by atoms with Crippen LogP contribution in [0, 0.1) is 0 Å². The van der Waals surface area contributed by atoms with Gasteiger partial charge in [0, 0.05) is 19.3 Å². The van der Waals surface area contributed by atoms with E-state index in [-0.39, 0.29) is 25.9 Å². The van der Waals surface area contributed by atoms with Gasteiger partial charge in [0.25, 0.3) is 0 Å². The molecule has 1 aliphatic heterocycles. The van der Waals surface area contributed by atoms with Crippen molar-refractivity contribution >= 4 is 23.9 Å². The molecule has 77 heavy (non-hydrogen) atoms. The zero-order chi connectivity index (χ0) is 56.1. The van der Waals surface area contributed by atoms with Crippen LogP contribution in [0.25, 0.3) is 0 Å². The van der Waals surface area contributed by atoms with Crippen LogP contribution in [0.4, 0.5) is 0 Å². The topological polar surface area (TPSA) is 175 Å². The lowest BCUT2D eigenvalue weighted by Crippen LogP contribution is -2.61. The molecular weight excluding hydrogens is 973 g/mol. The highest BCUT2D eigenvalue weighted by molar-refractivity contribution is 5.74. The van der Waals surface area contributed by atoms with Gasteiger partial charge in [0.2, 0.25) is 0 Å². The third-order valence-electron chi connectivity index (χ3n) is 13.1. The van der Waals surface area contributed by atoms with Crippen LogP contribution in [0.1, 0.15) is 239 Å². The van der Waals surface area contributed by atoms with Gasteiger partial charge in [-0.15, -0.1) is 0 Å². The smallest absolute Gasteiger partial charge is 0.335 e. The Kier molecular flexibility index (Phi) is 48.0. The second-order valence-corrected chi connectivity index (χ2v) is 20.2.